The summed E-state index contributed by atoms with van der Waals surface area (Å²) in [5, 5.41) is 3.65. The summed E-state index contributed by atoms with van der Waals surface area (Å²) >= 11 is 0. The topological polar surface area (TPSA) is 98.1 Å². The Morgan fingerprint density at radius 2 is 1.91 bits per heavy atom. The summed E-state index contributed by atoms with van der Waals surface area (Å²) in [6.07, 6.45) is 10.2. The summed E-state index contributed by atoms with van der Waals surface area (Å²) in [6, 6.07) is 4.06. The predicted molar refractivity (Wildman–Crippen MR) is 125 cm³/mol. The highest BCUT2D eigenvalue weighted by Crippen LogP contribution is 2.19. The van der Waals surface area contributed by atoms with E-state index in [9.17, 15) is 4.79 Å². The Hall–Kier alpha value is -2.91. The van der Waals surface area contributed by atoms with Gasteiger partial charge in [-0.15, -0.1) is 0 Å². The molecule has 3 aromatic rings. The smallest absolute Gasteiger partial charge is 0.270 e. The average molecular weight is 450 g/mol. The first-order valence-corrected chi connectivity index (χ1v) is 11.9. The third-order valence-corrected chi connectivity index (χ3v) is 6.76. The zero-order chi connectivity index (χ0) is 22.6. The van der Waals surface area contributed by atoms with Gasteiger partial charge in [0.15, 0.2) is 5.65 Å². The number of ether oxygens (including phenoxy) is 1. The van der Waals surface area contributed by atoms with E-state index < -0.39 is 0 Å². The van der Waals surface area contributed by atoms with Crippen molar-refractivity contribution in [2.45, 2.75) is 57.7 Å². The van der Waals surface area contributed by atoms with Crippen LogP contribution in [0.1, 0.15) is 42.8 Å². The zero-order valence-electron chi connectivity index (χ0n) is 19.2. The average Bonchev–Trinajstić information content (AvgIpc) is 2.87. The molecule has 0 aromatic carbocycles. The first-order valence-electron chi connectivity index (χ1n) is 11.9. The van der Waals surface area contributed by atoms with Gasteiger partial charge in [-0.05, 0) is 63.2 Å². The molecule has 5 rings (SSSR count). The number of likely N-dealkylation sites (tertiary alicyclic amines) is 1. The fourth-order valence-electron chi connectivity index (χ4n) is 4.79. The van der Waals surface area contributed by atoms with Gasteiger partial charge in [-0.25, -0.2) is 15.0 Å². The van der Waals surface area contributed by atoms with Crippen LogP contribution in [-0.2, 0) is 25.9 Å². The van der Waals surface area contributed by atoms with Crippen LogP contribution in [0.25, 0.3) is 11.2 Å². The van der Waals surface area contributed by atoms with Crippen molar-refractivity contribution in [1.82, 2.24) is 34.7 Å². The molecule has 2 aliphatic rings. The molecule has 0 bridgehead atoms. The lowest BCUT2D eigenvalue weighted by Gasteiger charge is -2.32. The fraction of sp³-hybridized carbons (Fsp3) is 0.542. The van der Waals surface area contributed by atoms with Crippen molar-refractivity contribution >= 4 is 11.2 Å². The van der Waals surface area contributed by atoms with Gasteiger partial charge in [0.2, 0.25) is 5.88 Å². The molecule has 0 saturated carbocycles. The molecule has 9 nitrogen and oxygen atoms in total. The van der Waals surface area contributed by atoms with Crippen LogP contribution >= 0.6 is 0 Å². The Labute approximate surface area is 193 Å². The van der Waals surface area contributed by atoms with Gasteiger partial charge in [-0.2, -0.15) is 4.98 Å². The molecule has 1 aliphatic heterocycles. The number of rotatable bonds is 7. The number of nitrogens with one attached hydrogen (secondary N) is 1. The molecule has 4 heterocycles. The Kier molecular flexibility index (Phi) is 6.59. The second-order valence-corrected chi connectivity index (χ2v) is 8.91. The largest absolute Gasteiger partial charge is 0.481 e. The van der Waals surface area contributed by atoms with Gasteiger partial charge < -0.3 is 15.0 Å². The van der Waals surface area contributed by atoms with Crippen molar-refractivity contribution in [3.05, 3.63) is 52.0 Å². The van der Waals surface area contributed by atoms with Crippen molar-refractivity contribution in [2.24, 2.45) is 0 Å². The molecule has 174 valence electrons. The van der Waals surface area contributed by atoms with Crippen molar-refractivity contribution < 1.29 is 4.74 Å². The number of piperidine rings is 1. The maximum atomic E-state index is 12.4. The van der Waals surface area contributed by atoms with Crippen LogP contribution in [0.3, 0.4) is 0 Å². The number of fused-ring (bicyclic) bond motifs is 2. The number of pyridine rings is 1. The monoisotopic (exact) mass is 449 g/mol. The minimum Gasteiger partial charge on any atom is -0.481 e. The Bertz CT molecular complexity index is 1170. The number of hydrogen-bond donors (Lipinski definition) is 1. The van der Waals surface area contributed by atoms with E-state index in [-0.39, 0.29) is 5.56 Å². The molecule has 33 heavy (non-hydrogen) atoms. The number of hydrogen-bond acceptors (Lipinski definition) is 8. The molecule has 0 unspecified atom stereocenters. The van der Waals surface area contributed by atoms with E-state index in [1.54, 1.807) is 17.7 Å². The second-order valence-electron chi connectivity index (χ2n) is 8.91. The van der Waals surface area contributed by atoms with Crippen LogP contribution in [0.15, 0.2) is 29.3 Å². The summed E-state index contributed by atoms with van der Waals surface area (Å²) in [6.45, 7) is 4.11. The highest BCUT2D eigenvalue weighted by Gasteiger charge is 2.20. The maximum absolute atomic E-state index is 12.4. The van der Waals surface area contributed by atoms with E-state index in [0.29, 0.717) is 29.6 Å². The lowest BCUT2D eigenvalue weighted by molar-refractivity contribution is 0.190. The van der Waals surface area contributed by atoms with Crippen LogP contribution in [0.5, 0.6) is 5.88 Å². The summed E-state index contributed by atoms with van der Waals surface area (Å²) in [7, 11) is 1.57. The molecule has 0 atom stereocenters. The molecule has 1 aliphatic carbocycles. The first-order chi connectivity index (χ1) is 16.2. The molecule has 1 fully saturated rings. The molecular formula is C24H31N7O2. The van der Waals surface area contributed by atoms with Crippen molar-refractivity contribution in [1.29, 1.82) is 0 Å². The number of aromatic nitrogens is 5. The first kappa shape index (κ1) is 21.9. The molecular weight excluding hydrogens is 418 g/mol. The van der Waals surface area contributed by atoms with Crippen LogP contribution in [0, 0.1) is 0 Å². The number of nitrogens with zero attached hydrogens (tertiary/aromatic N) is 6. The Morgan fingerprint density at radius 1 is 1.06 bits per heavy atom. The minimum absolute atomic E-state index is 0.134. The van der Waals surface area contributed by atoms with E-state index in [0.717, 1.165) is 57.7 Å². The summed E-state index contributed by atoms with van der Waals surface area (Å²) in [5.41, 5.74) is 3.71. The van der Waals surface area contributed by atoms with Crippen LogP contribution in [-0.4, -0.2) is 62.2 Å². The quantitative estimate of drug-likeness (QED) is 0.582. The summed E-state index contributed by atoms with van der Waals surface area (Å²) < 4.78 is 6.92. The van der Waals surface area contributed by atoms with Crippen LogP contribution < -0.4 is 15.6 Å². The SMILES string of the molecule is COc1ccc2ncc(=O)n(CCN3CCC(NCc4ncc5c(n4)CCCC5)CC3)c2n1. The lowest BCUT2D eigenvalue weighted by atomic mass is 9.97. The normalized spacial score (nSPS) is 17.2. The molecule has 0 radical (unpaired) electrons. The van der Waals surface area contributed by atoms with E-state index >= 15 is 0 Å². The van der Waals surface area contributed by atoms with E-state index in [4.69, 9.17) is 9.72 Å². The van der Waals surface area contributed by atoms with Gasteiger partial charge in [-0.1, -0.05) is 0 Å². The van der Waals surface area contributed by atoms with Crippen LogP contribution in [0.2, 0.25) is 0 Å². The third kappa shape index (κ3) is 5.04. The second kappa shape index (κ2) is 9.93. The minimum atomic E-state index is -0.134. The summed E-state index contributed by atoms with van der Waals surface area (Å²) in [4.78, 5) is 32.9. The molecule has 0 spiro atoms. The molecule has 0 amide bonds. The van der Waals surface area contributed by atoms with E-state index in [1.807, 2.05) is 12.3 Å². The Balaban J connectivity index is 1.13. The van der Waals surface area contributed by atoms with Crippen molar-refractivity contribution in [2.75, 3.05) is 26.7 Å². The molecule has 3 aromatic heterocycles. The van der Waals surface area contributed by atoms with Gasteiger partial charge >= 0.3 is 0 Å². The van der Waals surface area contributed by atoms with Gasteiger partial charge in [-0.3, -0.25) is 9.36 Å². The Morgan fingerprint density at radius 3 is 2.76 bits per heavy atom. The van der Waals surface area contributed by atoms with Gasteiger partial charge in [0, 0.05) is 37.1 Å². The highest BCUT2D eigenvalue weighted by atomic mass is 16.5. The highest BCUT2D eigenvalue weighted by molar-refractivity contribution is 5.70. The third-order valence-electron chi connectivity index (χ3n) is 6.76. The molecule has 1 N–H and O–H groups in total. The summed E-state index contributed by atoms with van der Waals surface area (Å²) in [5.74, 6) is 1.39. The molecule has 9 heteroatoms. The van der Waals surface area contributed by atoms with Crippen molar-refractivity contribution in [3.63, 3.8) is 0 Å². The van der Waals surface area contributed by atoms with Gasteiger partial charge in [0.05, 0.1) is 19.9 Å². The predicted octanol–water partition coefficient (Wildman–Crippen LogP) is 1.72. The lowest BCUT2D eigenvalue weighted by Crippen LogP contribution is -2.43. The van der Waals surface area contributed by atoms with Crippen molar-refractivity contribution in [3.8, 4) is 5.88 Å². The van der Waals surface area contributed by atoms with Gasteiger partial charge in [0.25, 0.3) is 5.56 Å². The van der Waals surface area contributed by atoms with E-state index in [2.05, 4.69) is 25.2 Å². The molecule has 1 saturated heterocycles. The van der Waals surface area contributed by atoms with Gasteiger partial charge in [0.1, 0.15) is 11.3 Å². The fourth-order valence-corrected chi connectivity index (χ4v) is 4.79. The maximum Gasteiger partial charge on any atom is 0.270 e. The van der Waals surface area contributed by atoms with Crippen LogP contribution in [0.4, 0.5) is 0 Å². The number of aryl methyl sites for hydroxylation is 2. The number of methoxy groups -OCH3 is 1. The van der Waals surface area contributed by atoms with E-state index in [1.165, 1.54) is 30.3 Å². The zero-order valence-corrected chi connectivity index (χ0v) is 19.2. The standard InChI is InChI=1S/C24H31N7O2/c1-33-22-7-6-20-24(29-22)31(23(32)16-26-20)13-12-30-10-8-18(9-11-30)25-15-21-27-14-17-4-2-3-5-19(17)28-21/h6-7,14,16,18,25H,2-5,8-13,15H2,1H3.